The van der Waals surface area contributed by atoms with Gasteiger partial charge in [0, 0.05) is 30.1 Å². The van der Waals surface area contributed by atoms with Crippen molar-refractivity contribution in [3.63, 3.8) is 0 Å². The first kappa shape index (κ1) is 25.2. The van der Waals surface area contributed by atoms with Crippen molar-refractivity contribution in [2.75, 3.05) is 17.7 Å². The molecule has 188 valence electrons. The maximum Gasteiger partial charge on any atom is 0.278 e. The van der Waals surface area contributed by atoms with E-state index in [1.165, 1.54) is 6.08 Å². The van der Waals surface area contributed by atoms with E-state index < -0.39 is 5.91 Å². The average Bonchev–Trinajstić information content (AvgIpc) is 3.35. The number of para-hydroxylation sites is 2. The first-order chi connectivity index (χ1) is 18.1. The lowest BCUT2D eigenvalue weighted by molar-refractivity contribution is -0.111. The molecule has 0 aliphatic carbocycles. The van der Waals surface area contributed by atoms with E-state index in [1.54, 1.807) is 36.2 Å². The fourth-order valence-corrected chi connectivity index (χ4v) is 3.59. The highest BCUT2D eigenvalue weighted by molar-refractivity contribution is 6.10. The van der Waals surface area contributed by atoms with E-state index in [-0.39, 0.29) is 11.6 Å². The van der Waals surface area contributed by atoms with Gasteiger partial charge in [-0.05, 0) is 55.0 Å². The van der Waals surface area contributed by atoms with Crippen molar-refractivity contribution in [1.29, 1.82) is 0 Å². The van der Waals surface area contributed by atoms with Crippen molar-refractivity contribution in [3.05, 3.63) is 108 Å². The fraction of sp³-hybridized carbons (Fsp3) is 0.138. The molecule has 2 N–H and O–H groups in total. The van der Waals surface area contributed by atoms with Gasteiger partial charge < -0.3 is 20.1 Å². The van der Waals surface area contributed by atoms with Gasteiger partial charge in [0.05, 0.1) is 12.8 Å². The van der Waals surface area contributed by atoms with Gasteiger partial charge in [0.2, 0.25) is 5.91 Å². The van der Waals surface area contributed by atoms with Crippen LogP contribution in [0.1, 0.15) is 28.5 Å². The number of aromatic nitrogens is 2. The molecule has 0 aliphatic rings. The third-order valence-corrected chi connectivity index (χ3v) is 5.46. The van der Waals surface area contributed by atoms with Crippen LogP contribution in [-0.2, 0) is 17.9 Å². The Bertz CT molecular complexity index is 1380. The first-order valence-corrected chi connectivity index (χ1v) is 11.8. The van der Waals surface area contributed by atoms with Crippen molar-refractivity contribution in [1.82, 2.24) is 9.78 Å². The van der Waals surface area contributed by atoms with Crippen molar-refractivity contribution < 1.29 is 19.1 Å². The van der Waals surface area contributed by atoms with Crippen molar-refractivity contribution in [2.45, 2.75) is 20.1 Å². The topological polar surface area (TPSA) is 94.5 Å². The lowest BCUT2D eigenvalue weighted by Gasteiger charge is -2.11. The summed E-state index contributed by atoms with van der Waals surface area (Å²) in [4.78, 5) is 25.5. The highest BCUT2D eigenvalue weighted by Crippen LogP contribution is 2.23. The second kappa shape index (κ2) is 12.2. The molecule has 4 rings (SSSR count). The summed E-state index contributed by atoms with van der Waals surface area (Å²) < 4.78 is 12.9. The quantitative estimate of drug-likeness (QED) is 0.287. The number of aryl methyl sites for hydroxylation is 1. The van der Waals surface area contributed by atoms with Crippen LogP contribution in [0.3, 0.4) is 0 Å². The number of nitrogens with one attached hydrogen (secondary N) is 2. The molecule has 0 spiro atoms. The zero-order chi connectivity index (χ0) is 26.0. The minimum Gasteiger partial charge on any atom is -0.496 e. The molecule has 8 nitrogen and oxygen atoms in total. The molecule has 0 radical (unpaired) electrons. The van der Waals surface area contributed by atoms with E-state index in [0.29, 0.717) is 30.3 Å². The smallest absolute Gasteiger partial charge is 0.278 e. The summed E-state index contributed by atoms with van der Waals surface area (Å²) in [6.45, 7) is 2.77. The van der Waals surface area contributed by atoms with Crippen molar-refractivity contribution in [2.24, 2.45) is 0 Å². The zero-order valence-electron chi connectivity index (χ0n) is 20.7. The van der Waals surface area contributed by atoms with Gasteiger partial charge in [-0.3, -0.25) is 14.3 Å². The molecule has 2 amide bonds. The minimum atomic E-state index is -0.407. The molecular weight excluding hydrogens is 468 g/mol. The molecule has 8 heteroatoms. The summed E-state index contributed by atoms with van der Waals surface area (Å²) >= 11 is 0. The Morgan fingerprint density at radius 1 is 0.973 bits per heavy atom. The summed E-state index contributed by atoms with van der Waals surface area (Å²) in [5.41, 5.74) is 2.75. The number of ether oxygens (including phenoxy) is 2. The van der Waals surface area contributed by atoms with Crippen LogP contribution in [0.5, 0.6) is 11.5 Å². The largest absolute Gasteiger partial charge is 0.496 e. The van der Waals surface area contributed by atoms with Gasteiger partial charge in [0.1, 0.15) is 18.1 Å². The number of amides is 2. The fourth-order valence-electron chi connectivity index (χ4n) is 3.59. The summed E-state index contributed by atoms with van der Waals surface area (Å²) in [6, 6.07) is 24.2. The number of nitrogens with zero attached hydrogens (tertiary/aromatic N) is 2. The van der Waals surface area contributed by atoms with Crippen LogP contribution in [0.2, 0.25) is 0 Å². The number of carbonyl (C=O) groups is 2. The molecule has 0 saturated carbocycles. The molecule has 0 unspecified atom stereocenters. The standard InChI is InChI=1S/C29H28N4O4/c1-3-33-19-25(28(32-33)29(35)30-23-10-6-4-7-11-23)31-27(34)17-15-21-14-16-26(36-2)22(18-21)20-37-24-12-8-5-9-13-24/h4-19H,3,20H2,1-2H3,(H,30,35)(H,31,34)/b17-15+. The van der Waals surface area contributed by atoms with E-state index in [4.69, 9.17) is 9.47 Å². The Kier molecular flexibility index (Phi) is 8.33. The van der Waals surface area contributed by atoms with Crippen LogP contribution in [-0.4, -0.2) is 28.7 Å². The van der Waals surface area contributed by atoms with Gasteiger partial charge in [0.25, 0.3) is 5.91 Å². The third-order valence-electron chi connectivity index (χ3n) is 5.46. The maximum atomic E-state index is 12.8. The monoisotopic (exact) mass is 496 g/mol. The summed E-state index contributed by atoms with van der Waals surface area (Å²) in [5.74, 6) is 0.654. The normalized spacial score (nSPS) is 10.8. The first-order valence-electron chi connectivity index (χ1n) is 11.8. The number of hydrogen-bond acceptors (Lipinski definition) is 5. The number of carbonyl (C=O) groups excluding carboxylic acids is 2. The number of benzene rings is 3. The predicted octanol–water partition coefficient (Wildman–Crippen LogP) is 5.39. The van der Waals surface area contributed by atoms with Crippen molar-refractivity contribution >= 4 is 29.3 Å². The molecule has 4 aromatic rings. The molecule has 0 saturated heterocycles. The summed E-state index contributed by atoms with van der Waals surface area (Å²) in [5, 5.41) is 9.88. The number of hydrogen-bond donors (Lipinski definition) is 2. The van der Waals surface area contributed by atoms with Crippen LogP contribution in [0.25, 0.3) is 6.08 Å². The van der Waals surface area contributed by atoms with Crippen LogP contribution in [0.15, 0.2) is 91.1 Å². The summed E-state index contributed by atoms with van der Waals surface area (Å²) in [6.07, 6.45) is 4.73. The van der Waals surface area contributed by atoms with E-state index in [0.717, 1.165) is 16.9 Å². The van der Waals surface area contributed by atoms with Gasteiger partial charge >= 0.3 is 0 Å². The van der Waals surface area contributed by atoms with Crippen LogP contribution in [0, 0.1) is 0 Å². The number of methoxy groups -OCH3 is 1. The van der Waals surface area contributed by atoms with E-state index in [9.17, 15) is 9.59 Å². The third kappa shape index (κ3) is 6.85. The molecule has 1 aromatic heterocycles. The molecule has 3 aromatic carbocycles. The highest BCUT2D eigenvalue weighted by atomic mass is 16.5. The molecule has 0 aliphatic heterocycles. The highest BCUT2D eigenvalue weighted by Gasteiger charge is 2.18. The van der Waals surface area contributed by atoms with Crippen molar-refractivity contribution in [3.8, 4) is 11.5 Å². The molecular formula is C29H28N4O4. The molecule has 0 fully saturated rings. The maximum absolute atomic E-state index is 12.8. The lowest BCUT2D eigenvalue weighted by atomic mass is 10.1. The Balaban J connectivity index is 1.45. The van der Waals surface area contributed by atoms with Gasteiger partial charge in [-0.15, -0.1) is 0 Å². The number of rotatable bonds is 10. The van der Waals surface area contributed by atoms with E-state index in [1.807, 2.05) is 73.7 Å². The van der Waals surface area contributed by atoms with Crippen LogP contribution in [0.4, 0.5) is 11.4 Å². The lowest BCUT2D eigenvalue weighted by Crippen LogP contribution is -2.17. The second-order valence-corrected chi connectivity index (χ2v) is 8.06. The number of anilines is 2. The van der Waals surface area contributed by atoms with Gasteiger partial charge in [-0.1, -0.05) is 42.5 Å². The summed E-state index contributed by atoms with van der Waals surface area (Å²) in [7, 11) is 1.60. The Labute approximate surface area is 215 Å². The van der Waals surface area contributed by atoms with Gasteiger partial charge in [0.15, 0.2) is 5.69 Å². The van der Waals surface area contributed by atoms with Crippen LogP contribution >= 0.6 is 0 Å². The van der Waals surface area contributed by atoms with Gasteiger partial charge in [-0.2, -0.15) is 5.10 Å². The Morgan fingerprint density at radius 3 is 2.41 bits per heavy atom. The van der Waals surface area contributed by atoms with Crippen LogP contribution < -0.4 is 20.1 Å². The molecule has 0 atom stereocenters. The second-order valence-electron chi connectivity index (χ2n) is 8.06. The Morgan fingerprint density at radius 2 is 1.70 bits per heavy atom. The molecule has 0 bridgehead atoms. The predicted molar refractivity (Wildman–Crippen MR) is 144 cm³/mol. The van der Waals surface area contributed by atoms with Gasteiger partial charge in [-0.25, -0.2) is 0 Å². The zero-order valence-corrected chi connectivity index (χ0v) is 20.7. The molecule has 37 heavy (non-hydrogen) atoms. The minimum absolute atomic E-state index is 0.136. The molecule has 1 heterocycles. The Hall–Kier alpha value is -4.85. The average molecular weight is 497 g/mol. The van der Waals surface area contributed by atoms with E-state index >= 15 is 0 Å². The van der Waals surface area contributed by atoms with E-state index in [2.05, 4.69) is 15.7 Å². The SMILES string of the molecule is CCn1cc(NC(=O)/C=C/c2ccc(OC)c(COc3ccccc3)c2)c(C(=O)Nc2ccccc2)n1.